The van der Waals surface area contributed by atoms with Crippen molar-refractivity contribution in [2.45, 2.75) is 55.8 Å². The third kappa shape index (κ3) is 9.63. The van der Waals surface area contributed by atoms with Crippen LogP contribution >= 0.6 is 0 Å². The maximum absolute atomic E-state index is 14.0. The molecule has 332 valence electrons. The van der Waals surface area contributed by atoms with Crippen molar-refractivity contribution in [3.63, 3.8) is 0 Å². The normalized spacial score (nSPS) is 20.7. The van der Waals surface area contributed by atoms with E-state index >= 15 is 0 Å². The van der Waals surface area contributed by atoms with E-state index in [0.717, 1.165) is 27.9 Å². The summed E-state index contributed by atoms with van der Waals surface area (Å²) in [6.45, 7) is 3.78. The van der Waals surface area contributed by atoms with Gasteiger partial charge in [0.15, 0.2) is 0 Å². The number of anilines is 2. The molecule has 1 unspecified atom stereocenters. The van der Waals surface area contributed by atoms with Crippen LogP contribution in [0.3, 0.4) is 0 Å². The predicted octanol–water partition coefficient (Wildman–Crippen LogP) is 4.03. The molecule has 4 heterocycles. The number of sulfonamides is 1. The zero-order valence-electron chi connectivity index (χ0n) is 34.9. The number of aliphatic hydroxyl groups excluding tert-OH is 1. The number of fused-ring (bicyclic) bond motifs is 4. The number of hydrogen-bond donors (Lipinski definition) is 4. The Labute approximate surface area is 365 Å². The van der Waals surface area contributed by atoms with Gasteiger partial charge in [-0.05, 0) is 85.0 Å². The molecule has 0 saturated carbocycles. The molecule has 17 heteroatoms. The number of piperidine rings is 1. The average Bonchev–Trinajstić information content (AvgIpc) is 3.88. The molecule has 4 aromatic carbocycles. The first-order valence-electron chi connectivity index (χ1n) is 21.1. The van der Waals surface area contributed by atoms with Crippen LogP contribution in [0.4, 0.5) is 11.4 Å². The Morgan fingerprint density at radius 3 is 2.35 bits per heavy atom. The maximum atomic E-state index is 14.0. The number of nitrogens with one attached hydrogen (secondary N) is 3. The maximum Gasteiger partial charge on any atom is 0.255 e. The summed E-state index contributed by atoms with van der Waals surface area (Å²) in [5.74, 6) is -0.966. The van der Waals surface area contributed by atoms with E-state index < -0.39 is 28.0 Å². The van der Waals surface area contributed by atoms with Crippen molar-refractivity contribution < 1.29 is 51.6 Å². The van der Waals surface area contributed by atoms with Crippen molar-refractivity contribution in [3.8, 4) is 16.9 Å². The molecule has 4 N–H and O–H groups in total. The SMILES string of the molecule is Cc1ccc(S(=O)(=O)N2CC[C@@H]3[C@H](CO)Nc4ccc(-c5cccc(NC(=O)COCCOCCOCCOc6cccc7c6CN(C6CCC(=O)NC6=O)C7=O)c5)cc4[C@@H]32)cc1. The molecule has 0 spiro atoms. The minimum absolute atomic E-state index is 0.116. The van der Waals surface area contributed by atoms with E-state index in [9.17, 15) is 32.7 Å². The molecular formula is C46H51N5O11S. The molecule has 0 aromatic heterocycles. The number of carbonyl (C=O) groups excluding carboxylic acids is 4. The fraction of sp³-hybridized carbons (Fsp3) is 0.391. The van der Waals surface area contributed by atoms with Crippen LogP contribution in [0.2, 0.25) is 0 Å². The Hall–Kier alpha value is -5.69. The topological polar surface area (TPSA) is 202 Å². The third-order valence-corrected chi connectivity index (χ3v) is 13.8. The molecule has 4 aliphatic heterocycles. The van der Waals surface area contributed by atoms with E-state index in [-0.39, 0.29) is 93.6 Å². The van der Waals surface area contributed by atoms with Gasteiger partial charge < -0.3 is 39.6 Å². The van der Waals surface area contributed by atoms with E-state index in [4.69, 9.17) is 18.9 Å². The minimum atomic E-state index is -3.81. The Balaban J connectivity index is 0.756. The number of carbonyl (C=O) groups is 4. The molecule has 8 rings (SSSR count). The van der Waals surface area contributed by atoms with Gasteiger partial charge in [0, 0.05) is 41.4 Å². The van der Waals surface area contributed by atoms with Gasteiger partial charge in [-0.2, -0.15) is 4.31 Å². The molecule has 4 aromatic rings. The highest BCUT2D eigenvalue weighted by molar-refractivity contribution is 7.89. The Kier molecular flexibility index (Phi) is 13.5. The van der Waals surface area contributed by atoms with Crippen molar-refractivity contribution in [2.24, 2.45) is 5.92 Å². The summed E-state index contributed by atoms with van der Waals surface area (Å²) in [4.78, 5) is 51.5. The van der Waals surface area contributed by atoms with Gasteiger partial charge in [0.2, 0.25) is 27.7 Å². The summed E-state index contributed by atoms with van der Waals surface area (Å²) < 4.78 is 52.2. The van der Waals surface area contributed by atoms with Crippen molar-refractivity contribution in [1.82, 2.24) is 14.5 Å². The molecule has 4 atom stereocenters. The first-order valence-corrected chi connectivity index (χ1v) is 22.6. The van der Waals surface area contributed by atoms with Crippen LogP contribution < -0.4 is 20.7 Å². The molecule has 0 radical (unpaired) electrons. The smallest absolute Gasteiger partial charge is 0.255 e. The fourth-order valence-electron chi connectivity index (χ4n) is 8.80. The Morgan fingerprint density at radius 2 is 1.59 bits per heavy atom. The second kappa shape index (κ2) is 19.4. The van der Waals surface area contributed by atoms with Gasteiger partial charge in [-0.1, -0.05) is 42.0 Å². The van der Waals surface area contributed by atoms with Gasteiger partial charge >= 0.3 is 0 Å². The van der Waals surface area contributed by atoms with E-state index in [1.807, 2.05) is 43.3 Å². The number of nitrogens with zero attached hydrogens (tertiary/aromatic N) is 2. The van der Waals surface area contributed by atoms with Gasteiger partial charge in [0.05, 0.1) is 63.2 Å². The van der Waals surface area contributed by atoms with Gasteiger partial charge in [0.1, 0.15) is 25.0 Å². The van der Waals surface area contributed by atoms with Gasteiger partial charge in [0.25, 0.3) is 5.91 Å². The predicted molar refractivity (Wildman–Crippen MR) is 231 cm³/mol. The van der Waals surface area contributed by atoms with Crippen LogP contribution in [0.1, 0.15) is 52.4 Å². The first-order chi connectivity index (χ1) is 30.5. The lowest BCUT2D eigenvalue weighted by molar-refractivity contribution is -0.137. The summed E-state index contributed by atoms with van der Waals surface area (Å²) in [6, 6.07) is 23.9. The van der Waals surface area contributed by atoms with Crippen LogP contribution in [-0.2, 0) is 45.2 Å². The number of aliphatic hydroxyl groups is 1. The summed E-state index contributed by atoms with van der Waals surface area (Å²) in [6.07, 6.45) is 1.08. The summed E-state index contributed by atoms with van der Waals surface area (Å²) in [5.41, 5.74) is 6.05. The molecule has 0 bridgehead atoms. The molecular weight excluding hydrogens is 831 g/mol. The number of amides is 4. The van der Waals surface area contributed by atoms with Crippen molar-refractivity contribution in [1.29, 1.82) is 0 Å². The van der Waals surface area contributed by atoms with Crippen LogP contribution in [0.5, 0.6) is 5.75 Å². The quantitative estimate of drug-likeness (QED) is 0.0828. The summed E-state index contributed by atoms with van der Waals surface area (Å²) in [5, 5.41) is 18.9. The largest absolute Gasteiger partial charge is 0.491 e. The first kappa shape index (κ1) is 43.9. The van der Waals surface area contributed by atoms with Crippen molar-refractivity contribution in [3.05, 3.63) is 107 Å². The molecule has 0 aliphatic carbocycles. The highest BCUT2D eigenvalue weighted by atomic mass is 32.2. The lowest BCUT2D eigenvalue weighted by Gasteiger charge is -2.39. The zero-order valence-corrected chi connectivity index (χ0v) is 35.7. The molecule has 2 saturated heterocycles. The number of benzene rings is 4. The number of imide groups is 1. The van der Waals surface area contributed by atoms with E-state index in [1.165, 1.54) is 4.90 Å². The number of aryl methyl sites for hydroxylation is 1. The van der Waals surface area contributed by atoms with Crippen molar-refractivity contribution in [2.75, 3.05) is 70.0 Å². The highest BCUT2D eigenvalue weighted by Crippen LogP contribution is 2.49. The molecule has 2 fully saturated rings. The zero-order chi connectivity index (χ0) is 44.1. The number of rotatable bonds is 18. The molecule has 63 heavy (non-hydrogen) atoms. The van der Waals surface area contributed by atoms with Crippen LogP contribution in [0, 0.1) is 12.8 Å². The fourth-order valence-corrected chi connectivity index (χ4v) is 10.5. The number of hydrogen-bond acceptors (Lipinski definition) is 12. The summed E-state index contributed by atoms with van der Waals surface area (Å²) in [7, 11) is -3.81. The highest BCUT2D eigenvalue weighted by Gasteiger charge is 2.48. The lowest BCUT2D eigenvalue weighted by atomic mass is 9.82. The Morgan fingerprint density at radius 1 is 0.857 bits per heavy atom. The molecule has 4 amide bonds. The van der Waals surface area contributed by atoms with E-state index in [2.05, 4.69) is 16.0 Å². The lowest BCUT2D eigenvalue weighted by Crippen LogP contribution is -2.52. The second-order valence-corrected chi connectivity index (χ2v) is 17.9. The van der Waals surface area contributed by atoms with Gasteiger partial charge in [-0.25, -0.2) is 8.42 Å². The molecule has 16 nitrogen and oxygen atoms in total. The minimum Gasteiger partial charge on any atom is -0.491 e. The average molecular weight is 882 g/mol. The second-order valence-electron chi connectivity index (χ2n) is 16.0. The third-order valence-electron chi connectivity index (χ3n) is 11.9. The van der Waals surface area contributed by atoms with Crippen LogP contribution in [0.15, 0.2) is 89.8 Å². The monoisotopic (exact) mass is 881 g/mol. The standard InChI is InChI=1S/C46H51N5O11S/c1-29-8-11-33(12-9-29)63(57,58)51-17-16-35-39(27-52)48-38-13-10-31(25-36(38)44(35)51)30-4-2-5-32(24-30)47-43(54)28-61-21-20-59-18-19-60-22-23-62-41-7-3-6-34-37(41)26-50(46(34)56)40-14-15-42(53)49-45(40)55/h2-13,24-25,35,39-40,44,48,52H,14-23,26-28H2,1H3,(H,47,54)(H,49,53,55)/t35-,39+,40?,44-/m1/s1. The van der Waals surface area contributed by atoms with Crippen molar-refractivity contribution >= 4 is 45.0 Å². The molecule has 4 aliphatic rings. The van der Waals surface area contributed by atoms with Gasteiger partial charge in [-0.3, -0.25) is 24.5 Å². The summed E-state index contributed by atoms with van der Waals surface area (Å²) >= 11 is 0. The van der Waals surface area contributed by atoms with E-state index in [0.29, 0.717) is 48.7 Å². The Bertz CT molecular complexity index is 2460. The van der Waals surface area contributed by atoms with E-state index in [1.54, 1.807) is 52.8 Å². The number of ether oxygens (including phenoxy) is 4. The van der Waals surface area contributed by atoms with Crippen LogP contribution in [-0.4, -0.2) is 118 Å². The van der Waals surface area contributed by atoms with Gasteiger partial charge in [-0.15, -0.1) is 0 Å². The van der Waals surface area contributed by atoms with Crippen LogP contribution in [0.25, 0.3) is 11.1 Å².